The molecule has 2 heterocycles. The maximum Gasteiger partial charge on any atom is 0.229 e. The molecule has 3 rings (SSSR count). The Bertz CT molecular complexity index is 790. The van der Waals surface area contributed by atoms with Crippen molar-refractivity contribution < 1.29 is 9.59 Å². The zero-order valence-electron chi connectivity index (χ0n) is 16.2. The predicted octanol–water partition coefficient (Wildman–Crippen LogP) is 4.21. The third kappa shape index (κ3) is 4.75. The number of hydrogen-bond acceptors (Lipinski definition) is 4. The van der Waals surface area contributed by atoms with E-state index in [0.29, 0.717) is 31.1 Å². The summed E-state index contributed by atoms with van der Waals surface area (Å²) in [4.78, 5) is 31.0. The van der Waals surface area contributed by atoms with Gasteiger partial charge in [-0.1, -0.05) is 45.0 Å². The second-order valence-electron chi connectivity index (χ2n) is 7.33. The third-order valence-corrected chi connectivity index (χ3v) is 5.82. The molecular weight excluding hydrogens is 358 g/mol. The maximum absolute atomic E-state index is 12.6. The van der Waals surface area contributed by atoms with Crippen LogP contribution in [-0.2, 0) is 16.0 Å². The number of likely N-dealkylation sites (tertiary alicyclic amines) is 1. The number of nitrogens with zero attached hydrogens (tertiary/aromatic N) is 2. The van der Waals surface area contributed by atoms with E-state index in [9.17, 15) is 9.59 Å². The predicted molar refractivity (Wildman–Crippen MR) is 110 cm³/mol. The number of rotatable bonds is 5. The molecule has 1 aliphatic rings. The summed E-state index contributed by atoms with van der Waals surface area (Å²) in [5.74, 6) is 0.134. The van der Waals surface area contributed by atoms with Gasteiger partial charge in [-0.2, -0.15) is 0 Å². The number of thiazole rings is 1. The first-order valence-electron chi connectivity index (χ1n) is 9.62. The van der Waals surface area contributed by atoms with E-state index in [1.807, 2.05) is 24.1 Å². The highest BCUT2D eigenvalue weighted by molar-refractivity contribution is 7.14. The minimum atomic E-state index is -0.0580. The molecular formula is C21H27N3O2S. The summed E-state index contributed by atoms with van der Waals surface area (Å²) in [5, 5.41) is 5.56. The first kappa shape index (κ1) is 19.5. The number of hydrogen-bond donors (Lipinski definition) is 1. The van der Waals surface area contributed by atoms with Gasteiger partial charge in [0.1, 0.15) is 0 Å². The Balaban J connectivity index is 1.56. The SMILES string of the molecule is CCc1ccc(-c2csc(NC(=O)C3CCN(C(=O)C(C)C)CC3)n2)cc1. The molecule has 5 nitrogen and oxygen atoms in total. The van der Waals surface area contributed by atoms with Gasteiger partial charge < -0.3 is 10.2 Å². The molecule has 0 radical (unpaired) electrons. The Labute approximate surface area is 164 Å². The Hall–Kier alpha value is -2.21. The number of aryl methyl sites for hydroxylation is 1. The van der Waals surface area contributed by atoms with E-state index in [2.05, 4.69) is 41.5 Å². The van der Waals surface area contributed by atoms with Gasteiger partial charge in [0.2, 0.25) is 11.8 Å². The average Bonchev–Trinajstić information content (AvgIpc) is 3.16. The molecule has 1 aliphatic heterocycles. The lowest BCUT2D eigenvalue weighted by Crippen LogP contribution is -2.43. The summed E-state index contributed by atoms with van der Waals surface area (Å²) < 4.78 is 0. The van der Waals surface area contributed by atoms with E-state index in [1.54, 1.807) is 0 Å². The lowest BCUT2D eigenvalue weighted by molar-refractivity contribution is -0.137. The second kappa shape index (κ2) is 8.65. The Morgan fingerprint density at radius 1 is 1.22 bits per heavy atom. The van der Waals surface area contributed by atoms with Crippen molar-refractivity contribution >= 4 is 28.3 Å². The van der Waals surface area contributed by atoms with Crippen molar-refractivity contribution in [3.8, 4) is 11.3 Å². The summed E-state index contributed by atoms with van der Waals surface area (Å²) in [6, 6.07) is 8.36. The first-order valence-corrected chi connectivity index (χ1v) is 10.5. The van der Waals surface area contributed by atoms with E-state index >= 15 is 0 Å². The molecule has 0 saturated carbocycles. The molecule has 1 aromatic heterocycles. The summed E-state index contributed by atoms with van der Waals surface area (Å²) in [6.07, 6.45) is 2.43. The fourth-order valence-electron chi connectivity index (χ4n) is 3.31. The topological polar surface area (TPSA) is 62.3 Å². The van der Waals surface area contributed by atoms with Crippen LogP contribution in [0.5, 0.6) is 0 Å². The van der Waals surface area contributed by atoms with Crippen LogP contribution in [0.3, 0.4) is 0 Å². The average molecular weight is 386 g/mol. The highest BCUT2D eigenvalue weighted by atomic mass is 32.1. The van der Waals surface area contributed by atoms with Crippen molar-refractivity contribution in [2.45, 2.75) is 40.0 Å². The lowest BCUT2D eigenvalue weighted by atomic mass is 9.95. The molecule has 144 valence electrons. The first-order chi connectivity index (χ1) is 13.0. The van der Waals surface area contributed by atoms with Crippen molar-refractivity contribution in [3.63, 3.8) is 0 Å². The number of anilines is 1. The fourth-order valence-corrected chi connectivity index (χ4v) is 4.03. The largest absolute Gasteiger partial charge is 0.342 e. The van der Waals surface area contributed by atoms with Crippen LogP contribution in [0, 0.1) is 11.8 Å². The van der Waals surface area contributed by atoms with Gasteiger partial charge in [0.05, 0.1) is 5.69 Å². The summed E-state index contributed by atoms with van der Waals surface area (Å²) in [6.45, 7) is 7.27. The standard InChI is InChI=1S/C21H27N3O2S/c1-4-15-5-7-16(8-6-15)18-13-27-21(22-18)23-19(25)17-9-11-24(12-10-17)20(26)14(2)3/h5-8,13-14,17H,4,9-12H2,1-3H3,(H,22,23,25). The smallest absolute Gasteiger partial charge is 0.229 e. The monoisotopic (exact) mass is 385 g/mol. The summed E-state index contributed by atoms with van der Waals surface area (Å²) >= 11 is 1.45. The molecule has 0 bridgehead atoms. The van der Waals surface area contributed by atoms with Gasteiger partial charge >= 0.3 is 0 Å². The fraction of sp³-hybridized carbons (Fsp3) is 0.476. The van der Waals surface area contributed by atoms with Crippen molar-refractivity contribution in [1.82, 2.24) is 9.88 Å². The van der Waals surface area contributed by atoms with E-state index in [4.69, 9.17) is 0 Å². The highest BCUT2D eigenvalue weighted by Gasteiger charge is 2.28. The van der Waals surface area contributed by atoms with Crippen LogP contribution in [0.1, 0.15) is 39.2 Å². The van der Waals surface area contributed by atoms with Crippen LogP contribution in [-0.4, -0.2) is 34.8 Å². The zero-order chi connectivity index (χ0) is 19.4. The maximum atomic E-state index is 12.6. The summed E-state index contributed by atoms with van der Waals surface area (Å²) in [7, 11) is 0. The number of carbonyl (C=O) groups is 2. The van der Waals surface area contributed by atoms with E-state index in [-0.39, 0.29) is 23.7 Å². The molecule has 2 amide bonds. The highest BCUT2D eigenvalue weighted by Crippen LogP contribution is 2.27. The van der Waals surface area contributed by atoms with Crippen LogP contribution >= 0.6 is 11.3 Å². The van der Waals surface area contributed by atoms with Crippen LogP contribution in [0.25, 0.3) is 11.3 Å². The summed E-state index contributed by atoms with van der Waals surface area (Å²) in [5.41, 5.74) is 3.24. The number of aromatic nitrogens is 1. The molecule has 1 fully saturated rings. The van der Waals surface area contributed by atoms with Gasteiger partial charge in [-0.15, -0.1) is 11.3 Å². The lowest BCUT2D eigenvalue weighted by Gasteiger charge is -2.32. The number of amides is 2. The van der Waals surface area contributed by atoms with Crippen LogP contribution in [0.4, 0.5) is 5.13 Å². The Morgan fingerprint density at radius 3 is 2.48 bits per heavy atom. The number of piperidine rings is 1. The molecule has 0 unspecified atom stereocenters. The number of nitrogens with one attached hydrogen (secondary N) is 1. The van der Waals surface area contributed by atoms with Gasteiger partial charge in [-0.05, 0) is 24.8 Å². The van der Waals surface area contributed by atoms with Gasteiger partial charge in [0, 0.05) is 35.9 Å². The van der Waals surface area contributed by atoms with E-state index in [1.165, 1.54) is 16.9 Å². The van der Waals surface area contributed by atoms with Crippen molar-refractivity contribution in [1.29, 1.82) is 0 Å². The van der Waals surface area contributed by atoms with Gasteiger partial charge in [-0.25, -0.2) is 4.98 Å². The molecule has 1 aromatic carbocycles. The molecule has 6 heteroatoms. The van der Waals surface area contributed by atoms with Crippen LogP contribution < -0.4 is 5.32 Å². The van der Waals surface area contributed by atoms with Gasteiger partial charge in [0.25, 0.3) is 0 Å². The molecule has 0 atom stereocenters. The molecule has 1 N–H and O–H groups in total. The van der Waals surface area contributed by atoms with Crippen LogP contribution in [0.2, 0.25) is 0 Å². The van der Waals surface area contributed by atoms with Crippen LogP contribution in [0.15, 0.2) is 29.6 Å². The van der Waals surface area contributed by atoms with Gasteiger partial charge in [0.15, 0.2) is 5.13 Å². The molecule has 1 saturated heterocycles. The van der Waals surface area contributed by atoms with E-state index < -0.39 is 0 Å². The Morgan fingerprint density at radius 2 is 1.89 bits per heavy atom. The second-order valence-corrected chi connectivity index (χ2v) is 8.19. The van der Waals surface area contributed by atoms with Gasteiger partial charge in [-0.3, -0.25) is 9.59 Å². The Kier molecular flexibility index (Phi) is 6.26. The third-order valence-electron chi connectivity index (χ3n) is 5.06. The molecule has 0 spiro atoms. The number of carbonyl (C=O) groups excluding carboxylic acids is 2. The van der Waals surface area contributed by atoms with E-state index in [0.717, 1.165) is 17.7 Å². The molecule has 0 aliphatic carbocycles. The molecule has 2 aromatic rings. The van der Waals surface area contributed by atoms with Crippen molar-refractivity contribution in [3.05, 3.63) is 35.2 Å². The normalized spacial score (nSPS) is 15.2. The number of benzene rings is 1. The quantitative estimate of drug-likeness (QED) is 0.839. The molecule has 27 heavy (non-hydrogen) atoms. The zero-order valence-corrected chi connectivity index (χ0v) is 17.0. The van der Waals surface area contributed by atoms with Crippen molar-refractivity contribution in [2.75, 3.05) is 18.4 Å². The minimum Gasteiger partial charge on any atom is -0.342 e. The van der Waals surface area contributed by atoms with Crippen molar-refractivity contribution in [2.24, 2.45) is 11.8 Å². The minimum absolute atomic E-state index is 0.00822.